The second kappa shape index (κ2) is 10.8. The molecule has 0 fully saturated rings. The normalized spacial score (nSPS) is 12.2. The van der Waals surface area contributed by atoms with Crippen molar-refractivity contribution in [3.05, 3.63) is 59.7 Å². The number of aliphatic hydroxyl groups excluding tert-OH is 1. The van der Waals surface area contributed by atoms with E-state index in [1.807, 2.05) is 12.1 Å². The van der Waals surface area contributed by atoms with Crippen molar-refractivity contribution in [3.8, 4) is 11.5 Å². The average molecular weight is 415 g/mol. The first-order chi connectivity index (χ1) is 14.2. The smallest absolute Gasteiger partial charge is 0.320 e. The fraction of sp³-hybridized carbons (Fsp3) is 0.391. The lowest BCUT2D eigenvalue weighted by molar-refractivity contribution is -0.153. The maximum atomic E-state index is 12.1. The van der Waals surface area contributed by atoms with E-state index in [1.165, 1.54) is 0 Å². The van der Waals surface area contributed by atoms with Crippen LogP contribution in [0.4, 0.5) is 0 Å². The molecular formula is C23H29NO6. The van der Waals surface area contributed by atoms with Crippen LogP contribution in [0.3, 0.4) is 0 Å². The molecular weight excluding hydrogens is 386 g/mol. The zero-order valence-corrected chi connectivity index (χ0v) is 17.8. The molecule has 0 aromatic heterocycles. The van der Waals surface area contributed by atoms with Gasteiger partial charge >= 0.3 is 11.9 Å². The van der Waals surface area contributed by atoms with Gasteiger partial charge in [-0.3, -0.25) is 9.59 Å². The van der Waals surface area contributed by atoms with Gasteiger partial charge in [-0.15, -0.1) is 0 Å². The van der Waals surface area contributed by atoms with Crippen molar-refractivity contribution >= 4 is 11.9 Å². The van der Waals surface area contributed by atoms with Crippen LogP contribution in [0, 0.1) is 0 Å². The molecule has 0 aliphatic rings. The van der Waals surface area contributed by atoms with Crippen LogP contribution >= 0.6 is 0 Å². The third kappa shape index (κ3) is 8.23. The summed E-state index contributed by atoms with van der Waals surface area (Å²) in [4.78, 5) is 23.8. The predicted octanol–water partition coefficient (Wildman–Crippen LogP) is 2.81. The number of hydrogen-bond acceptors (Lipinski definition) is 7. The second-order valence-corrected chi connectivity index (χ2v) is 7.80. The van der Waals surface area contributed by atoms with Crippen molar-refractivity contribution < 1.29 is 28.9 Å². The summed E-state index contributed by atoms with van der Waals surface area (Å²) in [7, 11) is 1.57. The lowest BCUT2D eigenvalue weighted by Crippen LogP contribution is -2.33. The third-order valence-corrected chi connectivity index (χ3v) is 4.01. The van der Waals surface area contributed by atoms with Gasteiger partial charge in [-0.05, 0) is 56.2 Å². The summed E-state index contributed by atoms with van der Waals surface area (Å²) in [5.74, 6) is 0.294. The molecule has 0 radical (unpaired) electrons. The number of ether oxygens (including phenoxy) is 3. The quantitative estimate of drug-likeness (QED) is 0.480. The number of methoxy groups -OCH3 is 1. The van der Waals surface area contributed by atoms with Crippen molar-refractivity contribution in [2.75, 3.05) is 20.2 Å². The Labute approximate surface area is 177 Å². The number of nitrogens with one attached hydrogen (secondary N) is 1. The summed E-state index contributed by atoms with van der Waals surface area (Å²) in [5, 5.41) is 13.1. The van der Waals surface area contributed by atoms with E-state index >= 15 is 0 Å². The van der Waals surface area contributed by atoms with E-state index in [9.17, 15) is 14.7 Å². The Balaban J connectivity index is 1.80. The van der Waals surface area contributed by atoms with E-state index in [4.69, 9.17) is 14.2 Å². The van der Waals surface area contributed by atoms with E-state index in [2.05, 4.69) is 5.32 Å². The van der Waals surface area contributed by atoms with Gasteiger partial charge in [-0.2, -0.15) is 0 Å². The standard InChI is InChI=1S/C23H29NO6/c1-23(2,3)30-22(27)15-24-14-20(25)17-8-10-18(11-9-17)29-21(26)13-16-6-5-7-19(12-16)28-4/h5-12,20,24-25H,13-15H2,1-4H3. The van der Waals surface area contributed by atoms with Gasteiger partial charge < -0.3 is 24.6 Å². The number of rotatable bonds is 9. The Kier molecular flexibility index (Phi) is 8.38. The van der Waals surface area contributed by atoms with Crippen LogP contribution in [0.2, 0.25) is 0 Å². The van der Waals surface area contributed by atoms with E-state index in [0.717, 1.165) is 5.56 Å². The lowest BCUT2D eigenvalue weighted by atomic mass is 10.1. The summed E-state index contributed by atoms with van der Waals surface area (Å²) >= 11 is 0. The minimum absolute atomic E-state index is 0.00823. The van der Waals surface area contributed by atoms with Gasteiger partial charge in [0.05, 0.1) is 26.2 Å². The van der Waals surface area contributed by atoms with Gasteiger partial charge in [0, 0.05) is 6.54 Å². The highest BCUT2D eigenvalue weighted by Gasteiger charge is 2.16. The summed E-state index contributed by atoms with van der Waals surface area (Å²) in [6.45, 7) is 5.59. The highest BCUT2D eigenvalue weighted by Crippen LogP contribution is 2.19. The Bertz CT molecular complexity index is 842. The third-order valence-electron chi connectivity index (χ3n) is 4.01. The van der Waals surface area contributed by atoms with Crippen LogP contribution in [0.15, 0.2) is 48.5 Å². The van der Waals surface area contributed by atoms with Crippen molar-refractivity contribution in [1.29, 1.82) is 0 Å². The first kappa shape index (κ1) is 23.4. The number of aliphatic hydroxyl groups is 1. The van der Waals surface area contributed by atoms with Gasteiger partial charge in [-0.25, -0.2) is 0 Å². The van der Waals surface area contributed by atoms with Crippen LogP contribution < -0.4 is 14.8 Å². The van der Waals surface area contributed by atoms with Crippen molar-refractivity contribution in [3.63, 3.8) is 0 Å². The zero-order valence-electron chi connectivity index (χ0n) is 17.8. The number of carbonyl (C=O) groups is 2. The van der Waals surface area contributed by atoms with Crippen LogP contribution in [0.5, 0.6) is 11.5 Å². The Morgan fingerprint density at radius 2 is 1.73 bits per heavy atom. The first-order valence-corrected chi connectivity index (χ1v) is 9.70. The van der Waals surface area contributed by atoms with Gasteiger partial charge in [0.1, 0.15) is 17.1 Å². The molecule has 30 heavy (non-hydrogen) atoms. The number of benzene rings is 2. The highest BCUT2D eigenvalue weighted by atomic mass is 16.6. The van der Waals surface area contributed by atoms with E-state index in [-0.39, 0.29) is 25.5 Å². The molecule has 0 amide bonds. The van der Waals surface area contributed by atoms with E-state index in [0.29, 0.717) is 17.1 Å². The number of hydrogen-bond donors (Lipinski definition) is 2. The molecule has 0 saturated carbocycles. The summed E-state index contributed by atoms with van der Waals surface area (Å²) in [6, 6.07) is 13.8. The van der Waals surface area contributed by atoms with Gasteiger partial charge in [0.25, 0.3) is 0 Å². The monoisotopic (exact) mass is 415 g/mol. The Hall–Kier alpha value is -2.90. The molecule has 2 rings (SSSR count). The Morgan fingerprint density at radius 3 is 2.37 bits per heavy atom. The maximum absolute atomic E-state index is 12.1. The van der Waals surface area contributed by atoms with E-state index < -0.39 is 17.7 Å². The number of carbonyl (C=O) groups excluding carboxylic acids is 2. The van der Waals surface area contributed by atoms with Crippen LogP contribution in [-0.2, 0) is 20.7 Å². The summed E-state index contributed by atoms with van der Waals surface area (Å²) in [6.07, 6.45) is -0.690. The summed E-state index contributed by atoms with van der Waals surface area (Å²) in [5.41, 5.74) is 0.888. The van der Waals surface area contributed by atoms with Crippen LogP contribution in [0.1, 0.15) is 38.0 Å². The molecule has 1 atom stereocenters. The zero-order chi connectivity index (χ0) is 22.1. The molecule has 0 aliphatic carbocycles. The number of esters is 2. The molecule has 0 aliphatic heterocycles. The van der Waals surface area contributed by atoms with Crippen molar-refractivity contribution in [2.24, 2.45) is 0 Å². The van der Waals surface area contributed by atoms with Crippen molar-refractivity contribution in [1.82, 2.24) is 5.32 Å². The molecule has 2 N–H and O–H groups in total. The predicted molar refractivity (Wildman–Crippen MR) is 112 cm³/mol. The van der Waals surface area contributed by atoms with Gasteiger partial charge in [0.2, 0.25) is 0 Å². The Morgan fingerprint density at radius 1 is 1.03 bits per heavy atom. The molecule has 1 unspecified atom stereocenters. The van der Waals surface area contributed by atoms with Gasteiger partial charge in [0.15, 0.2) is 0 Å². The summed E-state index contributed by atoms with van der Waals surface area (Å²) < 4.78 is 15.7. The molecule has 0 saturated heterocycles. The van der Waals surface area contributed by atoms with Gasteiger partial charge in [-0.1, -0.05) is 24.3 Å². The molecule has 162 valence electrons. The fourth-order valence-electron chi connectivity index (χ4n) is 2.68. The van der Waals surface area contributed by atoms with E-state index in [1.54, 1.807) is 64.3 Å². The topological polar surface area (TPSA) is 94.1 Å². The molecule has 0 spiro atoms. The van der Waals surface area contributed by atoms with Crippen molar-refractivity contribution in [2.45, 2.75) is 38.9 Å². The SMILES string of the molecule is COc1cccc(CC(=O)Oc2ccc(C(O)CNCC(=O)OC(C)(C)C)cc2)c1. The molecule has 7 nitrogen and oxygen atoms in total. The minimum Gasteiger partial charge on any atom is -0.497 e. The minimum atomic E-state index is -0.811. The average Bonchev–Trinajstić information content (AvgIpc) is 2.67. The maximum Gasteiger partial charge on any atom is 0.320 e. The van der Waals surface area contributed by atoms with Crippen LogP contribution in [-0.4, -0.2) is 42.8 Å². The molecule has 2 aromatic carbocycles. The van der Waals surface area contributed by atoms with Crippen LogP contribution in [0.25, 0.3) is 0 Å². The lowest BCUT2D eigenvalue weighted by Gasteiger charge is -2.20. The molecule has 7 heteroatoms. The largest absolute Gasteiger partial charge is 0.497 e. The first-order valence-electron chi connectivity index (χ1n) is 9.70. The molecule has 0 bridgehead atoms. The molecule has 0 heterocycles. The fourth-order valence-corrected chi connectivity index (χ4v) is 2.68. The molecule has 2 aromatic rings. The second-order valence-electron chi connectivity index (χ2n) is 7.80. The highest BCUT2D eigenvalue weighted by molar-refractivity contribution is 5.75.